The van der Waals surface area contributed by atoms with Gasteiger partial charge in [-0.2, -0.15) is 9.97 Å². The van der Waals surface area contributed by atoms with Crippen LogP contribution in [0.15, 0.2) is 0 Å². The molecule has 2 rings (SSSR count). The highest BCUT2D eigenvalue weighted by molar-refractivity contribution is 5.25. The molecule has 0 saturated carbocycles. The fourth-order valence-electron chi connectivity index (χ4n) is 1.84. The minimum atomic E-state index is -0.0439. The Labute approximate surface area is 118 Å². The lowest BCUT2D eigenvalue weighted by molar-refractivity contribution is -0.0131. The maximum absolute atomic E-state index is 5.58. The Bertz CT molecular complexity index is 424. The van der Waals surface area contributed by atoms with E-state index in [1.54, 1.807) is 0 Å². The van der Waals surface area contributed by atoms with E-state index in [1.807, 2.05) is 13.8 Å². The Morgan fingerprint density at radius 1 is 1.30 bits per heavy atom. The maximum atomic E-state index is 5.58. The summed E-state index contributed by atoms with van der Waals surface area (Å²) in [6.07, 6.45) is 3.29. The lowest BCUT2D eigenvalue weighted by Crippen LogP contribution is -2.26. The molecule has 20 heavy (non-hydrogen) atoms. The van der Waals surface area contributed by atoms with Crippen LogP contribution in [0.3, 0.4) is 0 Å². The number of nitrogen functional groups attached to an aromatic ring is 1. The third-order valence-corrected chi connectivity index (χ3v) is 2.74. The van der Waals surface area contributed by atoms with Gasteiger partial charge in [-0.25, -0.2) is 5.84 Å². The predicted molar refractivity (Wildman–Crippen MR) is 72.5 cm³/mol. The van der Waals surface area contributed by atoms with Gasteiger partial charge in [0, 0.05) is 6.61 Å². The second-order valence-electron chi connectivity index (χ2n) is 4.83. The summed E-state index contributed by atoms with van der Waals surface area (Å²) in [7, 11) is 0. The monoisotopic (exact) mass is 283 g/mol. The molecular weight excluding hydrogens is 262 g/mol. The summed E-state index contributed by atoms with van der Waals surface area (Å²) in [4.78, 5) is 12.1. The van der Waals surface area contributed by atoms with Gasteiger partial charge in [0.25, 0.3) is 0 Å². The SMILES string of the molecule is CC(C)Oc1nc(NN)nc(OCC2CCCCO2)n1. The quantitative estimate of drug-likeness (QED) is 0.586. The lowest BCUT2D eigenvalue weighted by Gasteiger charge is -2.22. The van der Waals surface area contributed by atoms with Crippen LogP contribution in [0.5, 0.6) is 12.0 Å². The standard InChI is InChI=1S/C12H21N5O3/c1-8(2)20-12-15-10(17-13)14-11(16-12)19-7-9-5-3-4-6-18-9/h8-9H,3-7,13H2,1-2H3,(H,14,15,16,17). The van der Waals surface area contributed by atoms with Crippen molar-refractivity contribution in [3.05, 3.63) is 0 Å². The van der Waals surface area contributed by atoms with Crippen molar-refractivity contribution in [1.82, 2.24) is 15.0 Å². The molecule has 0 radical (unpaired) electrons. The largest absolute Gasteiger partial charge is 0.461 e. The van der Waals surface area contributed by atoms with Gasteiger partial charge in [0.15, 0.2) is 0 Å². The summed E-state index contributed by atoms with van der Waals surface area (Å²) in [5.41, 5.74) is 2.37. The van der Waals surface area contributed by atoms with Crippen LogP contribution in [0.2, 0.25) is 0 Å². The number of nitrogens with two attached hydrogens (primary N) is 1. The van der Waals surface area contributed by atoms with Gasteiger partial charge in [-0.1, -0.05) is 0 Å². The van der Waals surface area contributed by atoms with E-state index in [1.165, 1.54) is 0 Å². The zero-order valence-electron chi connectivity index (χ0n) is 11.8. The van der Waals surface area contributed by atoms with Crippen molar-refractivity contribution in [1.29, 1.82) is 0 Å². The molecule has 3 N–H and O–H groups in total. The molecular formula is C12H21N5O3. The first kappa shape index (κ1) is 14.7. The molecule has 1 aliphatic heterocycles. The Morgan fingerprint density at radius 2 is 2.10 bits per heavy atom. The van der Waals surface area contributed by atoms with E-state index >= 15 is 0 Å². The van der Waals surface area contributed by atoms with Crippen molar-refractivity contribution >= 4 is 5.95 Å². The zero-order chi connectivity index (χ0) is 14.4. The first-order valence-electron chi connectivity index (χ1n) is 6.81. The molecule has 8 nitrogen and oxygen atoms in total. The third-order valence-electron chi connectivity index (χ3n) is 2.74. The van der Waals surface area contributed by atoms with Gasteiger partial charge in [-0.15, -0.1) is 4.98 Å². The summed E-state index contributed by atoms with van der Waals surface area (Å²) in [5, 5.41) is 0. The molecule has 1 aromatic rings. The molecule has 1 saturated heterocycles. The fraction of sp³-hybridized carbons (Fsp3) is 0.750. The Hall–Kier alpha value is -1.67. The van der Waals surface area contributed by atoms with Crippen molar-refractivity contribution in [3.8, 4) is 12.0 Å². The zero-order valence-corrected chi connectivity index (χ0v) is 11.8. The van der Waals surface area contributed by atoms with Gasteiger partial charge in [0.2, 0.25) is 5.95 Å². The normalized spacial score (nSPS) is 18.9. The van der Waals surface area contributed by atoms with Crippen molar-refractivity contribution in [3.63, 3.8) is 0 Å². The van der Waals surface area contributed by atoms with Crippen LogP contribution in [0.4, 0.5) is 5.95 Å². The van der Waals surface area contributed by atoms with Crippen LogP contribution in [0.25, 0.3) is 0 Å². The second-order valence-corrected chi connectivity index (χ2v) is 4.83. The van der Waals surface area contributed by atoms with Crippen LogP contribution < -0.4 is 20.7 Å². The van der Waals surface area contributed by atoms with Crippen molar-refractivity contribution < 1.29 is 14.2 Å². The van der Waals surface area contributed by atoms with Crippen molar-refractivity contribution in [2.24, 2.45) is 5.84 Å². The van der Waals surface area contributed by atoms with Crippen LogP contribution in [0.1, 0.15) is 33.1 Å². The third kappa shape index (κ3) is 4.46. The van der Waals surface area contributed by atoms with Crippen LogP contribution in [0, 0.1) is 0 Å². The second kappa shape index (κ2) is 7.20. The first-order valence-corrected chi connectivity index (χ1v) is 6.81. The molecule has 112 valence electrons. The summed E-state index contributed by atoms with van der Waals surface area (Å²) < 4.78 is 16.6. The number of anilines is 1. The highest BCUT2D eigenvalue weighted by Crippen LogP contribution is 2.16. The van der Waals surface area contributed by atoms with Crippen LogP contribution in [-0.2, 0) is 4.74 Å². The van der Waals surface area contributed by atoms with Gasteiger partial charge in [0.1, 0.15) is 6.61 Å². The van der Waals surface area contributed by atoms with E-state index in [2.05, 4.69) is 20.4 Å². The fourth-order valence-corrected chi connectivity index (χ4v) is 1.84. The predicted octanol–water partition coefficient (Wildman–Crippen LogP) is 0.892. The van der Waals surface area contributed by atoms with E-state index in [0.717, 1.165) is 25.9 Å². The average molecular weight is 283 g/mol. The highest BCUT2D eigenvalue weighted by atomic mass is 16.5. The molecule has 2 heterocycles. The molecule has 1 atom stereocenters. The number of rotatable bonds is 6. The molecule has 1 aliphatic rings. The van der Waals surface area contributed by atoms with Gasteiger partial charge in [0.05, 0.1) is 12.2 Å². The van der Waals surface area contributed by atoms with Crippen LogP contribution in [-0.4, -0.2) is 40.4 Å². The van der Waals surface area contributed by atoms with Gasteiger partial charge >= 0.3 is 12.0 Å². The smallest absolute Gasteiger partial charge is 0.324 e. The molecule has 1 unspecified atom stereocenters. The number of aromatic nitrogens is 3. The number of nitrogens with one attached hydrogen (secondary N) is 1. The molecule has 0 bridgehead atoms. The molecule has 8 heteroatoms. The average Bonchev–Trinajstić information content (AvgIpc) is 2.45. The maximum Gasteiger partial charge on any atom is 0.324 e. The first-order chi connectivity index (χ1) is 9.67. The van der Waals surface area contributed by atoms with Gasteiger partial charge in [-0.05, 0) is 33.1 Å². The molecule has 0 aromatic carbocycles. The Kier molecular flexibility index (Phi) is 5.31. The van der Waals surface area contributed by atoms with Crippen LogP contribution >= 0.6 is 0 Å². The number of hydrogen-bond donors (Lipinski definition) is 2. The number of hydrogen-bond acceptors (Lipinski definition) is 8. The van der Waals surface area contributed by atoms with Crippen molar-refractivity contribution in [2.45, 2.75) is 45.3 Å². The van der Waals surface area contributed by atoms with Gasteiger partial charge < -0.3 is 14.2 Å². The summed E-state index contributed by atoms with van der Waals surface area (Å²) in [6, 6.07) is 0.361. The van der Waals surface area contributed by atoms with E-state index in [0.29, 0.717) is 6.61 Å². The minimum absolute atomic E-state index is 0.0439. The van der Waals surface area contributed by atoms with Gasteiger partial charge in [-0.3, -0.25) is 5.43 Å². The topological polar surface area (TPSA) is 104 Å². The molecule has 0 amide bonds. The van der Waals surface area contributed by atoms with E-state index < -0.39 is 0 Å². The molecule has 0 spiro atoms. The van der Waals surface area contributed by atoms with E-state index in [-0.39, 0.29) is 30.2 Å². The Morgan fingerprint density at radius 3 is 2.75 bits per heavy atom. The number of hydrazine groups is 1. The number of nitrogens with zero attached hydrogens (tertiary/aromatic N) is 3. The summed E-state index contributed by atoms with van der Waals surface area (Å²) in [5.74, 6) is 5.52. The van der Waals surface area contributed by atoms with E-state index in [4.69, 9.17) is 20.1 Å². The molecule has 1 aromatic heterocycles. The summed E-state index contributed by atoms with van der Waals surface area (Å²) >= 11 is 0. The van der Waals surface area contributed by atoms with E-state index in [9.17, 15) is 0 Å². The molecule has 1 fully saturated rings. The Balaban J connectivity index is 1.98. The summed E-state index contributed by atoms with van der Waals surface area (Å²) in [6.45, 7) is 4.96. The van der Waals surface area contributed by atoms with Crippen molar-refractivity contribution in [2.75, 3.05) is 18.6 Å². The molecule has 0 aliphatic carbocycles. The lowest BCUT2D eigenvalue weighted by atomic mass is 10.1. The highest BCUT2D eigenvalue weighted by Gasteiger charge is 2.16. The number of ether oxygens (including phenoxy) is 3. The minimum Gasteiger partial charge on any atom is -0.461 e.